The van der Waals surface area contributed by atoms with Crippen molar-refractivity contribution in [2.24, 2.45) is 0 Å². The average molecular weight is 189 g/mol. The number of nitriles is 2. The molecule has 2 atom stereocenters. The Bertz CT molecular complexity index is 405. The van der Waals surface area contributed by atoms with Crippen molar-refractivity contribution in [2.75, 3.05) is 0 Å². The molecule has 0 aromatic carbocycles. The molecule has 0 aliphatic carbocycles. The van der Waals surface area contributed by atoms with Gasteiger partial charge in [0.15, 0.2) is 6.10 Å². The van der Waals surface area contributed by atoms with Gasteiger partial charge in [0, 0.05) is 6.20 Å². The maximum atomic E-state index is 9.36. The van der Waals surface area contributed by atoms with E-state index in [0.29, 0.717) is 5.56 Å². The lowest BCUT2D eigenvalue weighted by atomic mass is 10.1. The molecule has 1 rings (SSSR count). The Labute approximate surface area is 80.5 Å². The molecule has 5 heteroatoms. The first kappa shape index (κ1) is 10.1. The van der Waals surface area contributed by atoms with Crippen LogP contribution in [-0.2, 0) is 0 Å². The maximum Gasteiger partial charge on any atom is 0.171 e. The number of aromatic nitrogens is 1. The highest BCUT2D eigenvalue weighted by atomic mass is 16.3. The van der Waals surface area contributed by atoms with Gasteiger partial charge >= 0.3 is 0 Å². The van der Waals surface area contributed by atoms with Gasteiger partial charge in [-0.1, -0.05) is 0 Å². The Morgan fingerprint density at radius 3 is 2.64 bits per heavy atom. The Balaban J connectivity index is 2.98. The molecule has 2 N–H and O–H groups in total. The molecule has 1 heterocycles. The van der Waals surface area contributed by atoms with E-state index in [-0.39, 0.29) is 5.69 Å². The number of aliphatic hydroxyl groups is 2. The molecule has 1 aromatic rings. The zero-order chi connectivity index (χ0) is 10.6. The van der Waals surface area contributed by atoms with Crippen LogP contribution in [0.1, 0.15) is 17.4 Å². The number of hydrogen-bond acceptors (Lipinski definition) is 5. The topological polar surface area (TPSA) is 101 Å². The highest BCUT2D eigenvalue weighted by Crippen LogP contribution is 2.14. The molecule has 0 saturated heterocycles. The average Bonchev–Trinajstić information content (AvgIpc) is 2.27. The molecule has 0 aliphatic heterocycles. The lowest BCUT2D eigenvalue weighted by Crippen LogP contribution is -2.16. The standard InChI is InChI=1S/C9H7N3O2/c10-4-6-1-2-12-7(3-6)9(14)8(13)5-11/h1-3,8-9,13-14H. The summed E-state index contributed by atoms with van der Waals surface area (Å²) in [5.41, 5.74) is 0.428. The van der Waals surface area contributed by atoms with Crippen molar-refractivity contribution in [3.05, 3.63) is 29.6 Å². The second kappa shape index (κ2) is 4.33. The van der Waals surface area contributed by atoms with Crippen LogP contribution in [0.25, 0.3) is 0 Å². The van der Waals surface area contributed by atoms with Crippen molar-refractivity contribution in [1.82, 2.24) is 4.98 Å². The number of rotatable bonds is 2. The van der Waals surface area contributed by atoms with Crippen molar-refractivity contribution in [2.45, 2.75) is 12.2 Å². The smallest absolute Gasteiger partial charge is 0.171 e. The summed E-state index contributed by atoms with van der Waals surface area (Å²) < 4.78 is 0. The molecular formula is C9H7N3O2. The van der Waals surface area contributed by atoms with Crippen molar-refractivity contribution in [3.63, 3.8) is 0 Å². The third-order valence-corrected chi connectivity index (χ3v) is 1.64. The van der Waals surface area contributed by atoms with Gasteiger partial charge in [0.2, 0.25) is 0 Å². The minimum absolute atomic E-state index is 0.109. The summed E-state index contributed by atoms with van der Waals surface area (Å²) in [5, 5.41) is 35.3. The van der Waals surface area contributed by atoms with Crippen molar-refractivity contribution in [1.29, 1.82) is 10.5 Å². The van der Waals surface area contributed by atoms with E-state index in [2.05, 4.69) is 4.98 Å². The largest absolute Gasteiger partial charge is 0.383 e. The number of aliphatic hydroxyl groups excluding tert-OH is 2. The monoisotopic (exact) mass is 189 g/mol. The summed E-state index contributed by atoms with van der Waals surface area (Å²) in [6.07, 6.45) is -1.58. The predicted octanol–water partition coefficient (Wildman–Crippen LogP) is -0.129. The van der Waals surface area contributed by atoms with Crippen LogP contribution in [0.3, 0.4) is 0 Å². The van der Waals surface area contributed by atoms with E-state index >= 15 is 0 Å². The van der Waals surface area contributed by atoms with Crippen LogP contribution in [0.5, 0.6) is 0 Å². The molecule has 0 radical (unpaired) electrons. The van der Waals surface area contributed by atoms with Gasteiger partial charge in [-0.05, 0) is 12.1 Å². The third kappa shape index (κ3) is 2.05. The molecule has 0 saturated carbocycles. The van der Waals surface area contributed by atoms with Gasteiger partial charge in [-0.15, -0.1) is 0 Å². The Kier molecular flexibility index (Phi) is 3.14. The van der Waals surface area contributed by atoms with Gasteiger partial charge in [0.25, 0.3) is 0 Å². The van der Waals surface area contributed by atoms with Gasteiger partial charge < -0.3 is 10.2 Å². The fourth-order valence-corrected chi connectivity index (χ4v) is 0.912. The molecule has 1 aromatic heterocycles. The SMILES string of the molecule is N#Cc1ccnc(C(O)C(O)C#N)c1. The van der Waals surface area contributed by atoms with Crippen molar-refractivity contribution in [3.8, 4) is 12.1 Å². The Morgan fingerprint density at radius 2 is 2.07 bits per heavy atom. The predicted molar refractivity (Wildman–Crippen MR) is 45.5 cm³/mol. The van der Waals surface area contributed by atoms with E-state index in [1.54, 1.807) is 0 Å². The highest BCUT2D eigenvalue weighted by Gasteiger charge is 2.18. The minimum Gasteiger partial charge on any atom is -0.383 e. The van der Waals surface area contributed by atoms with Crippen LogP contribution in [0.2, 0.25) is 0 Å². The Hall–Kier alpha value is -1.95. The summed E-state index contributed by atoms with van der Waals surface area (Å²) in [5.74, 6) is 0. The first-order valence-electron chi connectivity index (χ1n) is 3.81. The van der Waals surface area contributed by atoms with Crippen LogP contribution < -0.4 is 0 Å². The van der Waals surface area contributed by atoms with Crippen LogP contribution in [0, 0.1) is 22.7 Å². The molecule has 0 spiro atoms. The van der Waals surface area contributed by atoms with Crippen LogP contribution >= 0.6 is 0 Å². The molecule has 0 amide bonds. The van der Waals surface area contributed by atoms with Gasteiger partial charge in [-0.2, -0.15) is 10.5 Å². The second-order valence-corrected chi connectivity index (χ2v) is 2.60. The summed E-state index contributed by atoms with van der Waals surface area (Å²) in [4.78, 5) is 3.74. The van der Waals surface area contributed by atoms with E-state index < -0.39 is 12.2 Å². The molecule has 5 nitrogen and oxygen atoms in total. The zero-order valence-electron chi connectivity index (χ0n) is 7.12. The van der Waals surface area contributed by atoms with Gasteiger partial charge in [0.1, 0.15) is 6.10 Å². The van der Waals surface area contributed by atoms with Crippen LogP contribution in [-0.4, -0.2) is 21.3 Å². The zero-order valence-corrected chi connectivity index (χ0v) is 7.12. The normalized spacial score (nSPS) is 13.7. The minimum atomic E-state index is -1.53. The van der Waals surface area contributed by atoms with E-state index in [0.717, 1.165) is 0 Å². The quantitative estimate of drug-likeness (QED) is 0.631. The molecule has 2 unspecified atom stereocenters. The maximum absolute atomic E-state index is 9.36. The number of pyridine rings is 1. The first-order valence-corrected chi connectivity index (χ1v) is 3.81. The fourth-order valence-electron chi connectivity index (χ4n) is 0.912. The van der Waals surface area contributed by atoms with Gasteiger partial charge in [-0.3, -0.25) is 4.98 Å². The molecule has 0 fully saturated rings. The lowest BCUT2D eigenvalue weighted by Gasteiger charge is -2.10. The summed E-state index contributed by atoms with van der Waals surface area (Å²) >= 11 is 0. The highest BCUT2D eigenvalue weighted by molar-refractivity contribution is 5.30. The molecular weight excluding hydrogens is 182 g/mol. The van der Waals surface area contributed by atoms with Crippen LogP contribution in [0.15, 0.2) is 18.3 Å². The first-order chi connectivity index (χ1) is 6.69. The van der Waals surface area contributed by atoms with E-state index in [4.69, 9.17) is 15.6 Å². The summed E-state index contributed by atoms with van der Waals surface area (Å²) in [6, 6.07) is 6.14. The third-order valence-electron chi connectivity index (χ3n) is 1.64. The van der Waals surface area contributed by atoms with E-state index in [1.807, 2.05) is 6.07 Å². The van der Waals surface area contributed by atoms with E-state index in [1.165, 1.54) is 24.4 Å². The van der Waals surface area contributed by atoms with Gasteiger partial charge in [0.05, 0.1) is 23.4 Å². The summed E-state index contributed by atoms with van der Waals surface area (Å²) in [7, 11) is 0. The molecule has 70 valence electrons. The molecule has 14 heavy (non-hydrogen) atoms. The van der Waals surface area contributed by atoms with Crippen LogP contribution in [0.4, 0.5) is 0 Å². The van der Waals surface area contributed by atoms with Crippen molar-refractivity contribution < 1.29 is 10.2 Å². The summed E-state index contributed by atoms with van der Waals surface area (Å²) in [6.45, 7) is 0. The number of nitrogens with zero attached hydrogens (tertiary/aromatic N) is 3. The van der Waals surface area contributed by atoms with Gasteiger partial charge in [-0.25, -0.2) is 0 Å². The molecule has 0 bridgehead atoms. The van der Waals surface area contributed by atoms with E-state index in [9.17, 15) is 5.11 Å². The van der Waals surface area contributed by atoms with Crippen molar-refractivity contribution >= 4 is 0 Å². The number of hydrogen-bond donors (Lipinski definition) is 2. The fraction of sp³-hybridized carbons (Fsp3) is 0.222. The molecule has 0 aliphatic rings. The second-order valence-electron chi connectivity index (χ2n) is 2.60. The Morgan fingerprint density at radius 1 is 1.36 bits per heavy atom. The lowest BCUT2D eigenvalue weighted by molar-refractivity contribution is 0.0498.